The molecule has 0 spiro atoms. The van der Waals surface area contributed by atoms with Crippen LogP contribution in [0, 0.1) is 6.92 Å². The number of imidazole rings is 1. The summed E-state index contributed by atoms with van der Waals surface area (Å²) < 4.78 is 34.2. The van der Waals surface area contributed by atoms with Gasteiger partial charge in [-0.05, 0) is 67.1 Å². The van der Waals surface area contributed by atoms with E-state index in [2.05, 4.69) is 10.3 Å². The molecule has 1 heterocycles. The van der Waals surface area contributed by atoms with Crippen LogP contribution >= 0.6 is 0 Å². The topological polar surface area (TPSA) is 93.5 Å². The normalized spacial score (nSPS) is 11.2. The maximum Gasteiger partial charge on any atom is 0.264 e. The molecule has 8 nitrogen and oxygen atoms in total. The molecule has 1 amide bonds. The van der Waals surface area contributed by atoms with Gasteiger partial charge in [-0.25, -0.2) is 13.4 Å². The van der Waals surface area contributed by atoms with E-state index < -0.39 is 10.0 Å². The first kappa shape index (κ1) is 24.0. The number of methoxy groups -OCH3 is 1. The number of nitrogens with zero attached hydrogens (tertiary/aromatic N) is 3. The Hall–Kier alpha value is -4.11. The molecule has 0 bridgehead atoms. The summed E-state index contributed by atoms with van der Waals surface area (Å²) in [6, 6.07) is 20.4. The minimum Gasteiger partial charge on any atom is -0.497 e. The molecule has 9 heteroatoms. The quantitative estimate of drug-likeness (QED) is 0.404. The third-order valence-corrected chi connectivity index (χ3v) is 7.53. The number of nitrogens with one attached hydrogen (secondary N) is 1. The number of hydrogen-bond donors (Lipinski definition) is 1. The molecular formula is C26H26N4O4S. The number of aromatic nitrogens is 2. The van der Waals surface area contributed by atoms with Crippen LogP contribution in [0.3, 0.4) is 0 Å². The zero-order chi connectivity index (χ0) is 25.0. The molecule has 0 aliphatic rings. The summed E-state index contributed by atoms with van der Waals surface area (Å²) in [6.07, 6.45) is 3.61. The highest BCUT2D eigenvalue weighted by Crippen LogP contribution is 2.24. The van der Waals surface area contributed by atoms with Crippen molar-refractivity contribution in [1.82, 2.24) is 14.9 Å². The molecule has 180 valence electrons. The van der Waals surface area contributed by atoms with Gasteiger partial charge in [-0.3, -0.25) is 9.10 Å². The van der Waals surface area contributed by atoms with Gasteiger partial charge in [0.15, 0.2) is 0 Å². The Balaban J connectivity index is 1.45. The second-order valence-corrected chi connectivity index (χ2v) is 9.82. The molecule has 0 aliphatic heterocycles. The van der Waals surface area contributed by atoms with Gasteiger partial charge >= 0.3 is 0 Å². The van der Waals surface area contributed by atoms with Gasteiger partial charge in [0, 0.05) is 31.5 Å². The molecule has 0 saturated heterocycles. The lowest BCUT2D eigenvalue weighted by atomic mass is 10.1. The van der Waals surface area contributed by atoms with E-state index in [-0.39, 0.29) is 10.8 Å². The predicted molar refractivity (Wildman–Crippen MR) is 134 cm³/mol. The molecular weight excluding hydrogens is 464 g/mol. The van der Waals surface area contributed by atoms with Crippen LogP contribution in [0.25, 0.3) is 5.69 Å². The van der Waals surface area contributed by atoms with Gasteiger partial charge < -0.3 is 14.6 Å². The number of benzene rings is 3. The van der Waals surface area contributed by atoms with E-state index in [0.717, 1.165) is 17.1 Å². The summed E-state index contributed by atoms with van der Waals surface area (Å²) in [7, 11) is -0.760. The van der Waals surface area contributed by atoms with E-state index in [1.165, 1.54) is 30.6 Å². The Morgan fingerprint density at radius 3 is 2.34 bits per heavy atom. The number of carbonyl (C=O) groups excluding carboxylic acids is 1. The Morgan fingerprint density at radius 2 is 1.71 bits per heavy atom. The van der Waals surface area contributed by atoms with Crippen LogP contribution in [0.4, 0.5) is 5.69 Å². The molecule has 0 fully saturated rings. The molecule has 0 atom stereocenters. The lowest BCUT2D eigenvalue weighted by molar-refractivity contribution is 0.0951. The van der Waals surface area contributed by atoms with E-state index in [1.807, 2.05) is 42.0 Å². The summed E-state index contributed by atoms with van der Waals surface area (Å²) in [5, 5.41) is 2.94. The standard InChI is InChI=1S/C26H26N4O4S/c1-19-27-16-17-30(19)25-7-5-4-6-21(25)18-28-26(31)20-8-10-22(11-9-20)29(2)35(32,33)24-14-12-23(34-3)13-15-24/h4-17H,18H2,1-3H3,(H,28,31). The smallest absolute Gasteiger partial charge is 0.264 e. The summed E-state index contributed by atoms with van der Waals surface area (Å²) >= 11 is 0. The maximum atomic E-state index is 13.0. The zero-order valence-electron chi connectivity index (χ0n) is 19.7. The zero-order valence-corrected chi connectivity index (χ0v) is 20.5. The number of amides is 1. The average Bonchev–Trinajstić information content (AvgIpc) is 3.32. The number of anilines is 1. The number of para-hydroxylation sites is 1. The van der Waals surface area contributed by atoms with E-state index in [1.54, 1.807) is 42.6 Å². The van der Waals surface area contributed by atoms with Gasteiger partial charge in [0.25, 0.3) is 15.9 Å². The molecule has 0 radical (unpaired) electrons. The van der Waals surface area contributed by atoms with Crippen molar-refractivity contribution in [1.29, 1.82) is 0 Å². The lowest BCUT2D eigenvalue weighted by Crippen LogP contribution is -2.27. The molecule has 4 aromatic rings. The fraction of sp³-hybridized carbons (Fsp3) is 0.154. The monoisotopic (exact) mass is 490 g/mol. The van der Waals surface area contributed by atoms with Crippen molar-refractivity contribution >= 4 is 21.6 Å². The molecule has 35 heavy (non-hydrogen) atoms. The summed E-state index contributed by atoms with van der Waals surface area (Å²) in [5.74, 6) is 1.17. The van der Waals surface area contributed by atoms with Crippen molar-refractivity contribution in [2.75, 3.05) is 18.5 Å². The molecule has 3 aromatic carbocycles. The molecule has 1 aromatic heterocycles. The number of ether oxygens (including phenoxy) is 1. The number of sulfonamides is 1. The molecule has 0 aliphatic carbocycles. The number of carbonyl (C=O) groups is 1. The van der Waals surface area contributed by atoms with E-state index in [4.69, 9.17) is 4.74 Å². The number of aryl methyl sites for hydroxylation is 1. The minimum atomic E-state index is -3.76. The van der Waals surface area contributed by atoms with Crippen LogP contribution < -0.4 is 14.4 Å². The van der Waals surface area contributed by atoms with Gasteiger partial charge in [0.2, 0.25) is 0 Å². The predicted octanol–water partition coefficient (Wildman–Crippen LogP) is 3.94. The van der Waals surface area contributed by atoms with Crippen LogP contribution in [0.2, 0.25) is 0 Å². The number of hydrogen-bond acceptors (Lipinski definition) is 5. The first-order chi connectivity index (χ1) is 16.8. The van der Waals surface area contributed by atoms with E-state index in [9.17, 15) is 13.2 Å². The van der Waals surface area contributed by atoms with Crippen molar-refractivity contribution < 1.29 is 17.9 Å². The highest BCUT2D eigenvalue weighted by atomic mass is 32.2. The van der Waals surface area contributed by atoms with Crippen LogP contribution in [0.5, 0.6) is 5.75 Å². The fourth-order valence-electron chi connectivity index (χ4n) is 3.67. The first-order valence-electron chi connectivity index (χ1n) is 10.9. The third kappa shape index (κ3) is 5.04. The van der Waals surface area contributed by atoms with Crippen molar-refractivity contribution in [2.24, 2.45) is 0 Å². The molecule has 4 rings (SSSR count). The Labute approximate surface area is 204 Å². The highest BCUT2D eigenvalue weighted by Gasteiger charge is 2.21. The molecule has 0 unspecified atom stereocenters. The summed E-state index contributed by atoms with van der Waals surface area (Å²) in [6.45, 7) is 2.25. The van der Waals surface area contributed by atoms with Crippen molar-refractivity contribution in [3.8, 4) is 11.4 Å². The fourth-order valence-corrected chi connectivity index (χ4v) is 4.87. The second kappa shape index (κ2) is 10.0. The summed E-state index contributed by atoms with van der Waals surface area (Å²) in [4.78, 5) is 17.2. The van der Waals surface area contributed by atoms with Crippen molar-refractivity contribution in [2.45, 2.75) is 18.4 Å². The van der Waals surface area contributed by atoms with Gasteiger partial charge in [0.1, 0.15) is 11.6 Å². The Morgan fingerprint density at radius 1 is 1.03 bits per heavy atom. The first-order valence-corrected chi connectivity index (χ1v) is 12.3. The maximum absolute atomic E-state index is 13.0. The van der Waals surface area contributed by atoms with E-state index in [0.29, 0.717) is 23.5 Å². The van der Waals surface area contributed by atoms with Gasteiger partial charge in [-0.1, -0.05) is 18.2 Å². The van der Waals surface area contributed by atoms with Gasteiger partial charge in [-0.15, -0.1) is 0 Å². The Bertz CT molecular complexity index is 1430. The van der Waals surface area contributed by atoms with Crippen LogP contribution in [0.1, 0.15) is 21.7 Å². The largest absolute Gasteiger partial charge is 0.497 e. The van der Waals surface area contributed by atoms with Gasteiger partial charge in [-0.2, -0.15) is 0 Å². The molecule has 1 N–H and O–H groups in total. The third-order valence-electron chi connectivity index (χ3n) is 5.73. The molecule has 0 saturated carbocycles. The lowest BCUT2D eigenvalue weighted by Gasteiger charge is -2.20. The van der Waals surface area contributed by atoms with Crippen LogP contribution in [-0.4, -0.2) is 38.0 Å². The Kier molecular flexibility index (Phi) is 6.88. The SMILES string of the molecule is COc1ccc(S(=O)(=O)N(C)c2ccc(C(=O)NCc3ccccc3-n3ccnc3C)cc2)cc1. The second-order valence-electron chi connectivity index (χ2n) is 7.85. The minimum absolute atomic E-state index is 0.148. The average molecular weight is 491 g/mol. The van der Waals surface area contributed by atoms with Crippen LogP contribution in [-0.2, 0) is 16.6 Å². The van der Waals surface area contributed by atoms with Crippen molar-refractivity contribution in [3.63, 3.8) is 0 Å². The van der Waals surface area contributed by atoms with Crippen LogP contribution in [0.15, 0.2) is 90.1 Å². The highest BCUT2D eigenvalue weighted by molar-refractivity contribution is 7.92. The van der Waals surface area contributed by atoms with Crippen molar-refractivity contribution in [3.05, 3.63) is 102 Å². The van der Waals surface area contributed by atoms with Gasteiger partial charge in [0.05, 0.1) is 23.4 Å². The number of rotatable bonds is 8. The van der Waals surface area contributed by atoms with E-state index >= 15 is 0 Å². The summed E-state index contributed by atoms with van der Waals surface area (Å²) in [5.41, 5.74) is 2.77.